The number of hydrogen-bond donors (Lipinski definition) is 2. The normalized spacial score (nSPS) is 20.8. The highest BCUT2D eigenvalue weighted by molar-refractivity contribution is 7.94. The van der Waals surface area contributed by atoms with E-state index in [-0.39, 0.29) is 29.1 Å². The van der Waals surface area contributed by atoms with Crippen LogP contribution in [0.4, 0.5) is 11.4 Å². The van der Waals surface area contributed by atoms with Gasteiger partial charge in [-0.1, -0.05) is 25.8 Å². The van der Waals surface area contributed by atoms with Crippen LogP contribution >= 0.6 is 12.0 Å². The van der Waals surface area contributed by atoms with E-state index < -0.39 is 48.8 Å². The van der Waals surface area contributed by atoms with Crippen LogP contribution in [0.25, 0.3) is 0 Å². The maximum absolute atomic E-state index is 12.8. The molecule has 19 nitrogen and oxygen atoms in total. The van der Waals surface area contributed by atoms with E-state index in [1.165, 1.54) is 36.4 Å². The van der Waals surface area contributed by atoms with E-state index in [9.17, 15) is 45.6 Å². The molecule has 422 valence electrons. The Balaban J connectivity index is 1.34. The van der Waals surface area contributed by atoms with Crippen LogP contribution in [0.1, 0.15) is 126 Å². The number of amides is 2. The molecule has 4 aliphatic rings. The van der Waals surface area contributed by atoms with Crippen molar-refractivity contribution in [3.8, 4) is 5.75 Å². The smallest absolute Gasteiger partial charge is 0.333 e. The standard InChI is InChI=1S/C56H69N3O16S3/c1-8-9-29-57-47(55(4,27-31-70-6)45-35-42(76-75-74-63)33-37(2)52(45)57)23-17-39-14-13-15-40(54(39)72-41-19-21-43(22-20-41)77(64,65)66)18-24-48-56(5,28-32-71-7)46-36-44(78(67,68)69)34-38(3)53(46)58(48)30-12-10-11-16-51(62)73-59-49(60)25-26-50(59)61/h17-24,33-36H,8-16,25-32H2,1-7H3,(H2-,63,64,65,66,67,68,69). The van der Waals surface area contributed by atoms with Crippen LogP contribution in [0.5, 0.6) is 5.75 Å². The van der Waals surface area contributed by atoms with Crippen molar-refractivity contribution in [2.75, 3.05) is 45.4 Å². The molecular formula is C56H69N3O16S3. The molecule has 2 atom stereocenters. The number of rotatable bonds is 26. The number of hydrogen-bond acceptors (Lipinski definition) is 16. The van der Waals surface area contributed by atoms with Crippen molar-refractivity contribution in [2.45, 2.75) is 144 Å². The summed E-state index contributed by atoms with van der Waals surface area (Å²) in [4.78, 5) is 44.2. The van der Waals surface area contributed by atoms with Crippen LogP contribution in [-0.2, 0) is 69.1 Å². The molecule has 78 heavy (non-hydrogen) atoms. The number of aryl methyl sites for hydroxylation is 2. The molecule has 3 aliphatic heterocycles. The Bertz CT molecular complexity index is 3150. The molecule has 3 aromatic carbocycles. The molecule has 0 aromatic heterocycles. The summed E-state index contributed by atoms with van der Waals surface area (Å²) in [5, 5.41) is 15.1. The van der Waals surface area contributed by atoms with E-state index in [1.54, 1.807) is 21.1 Å². The third-order valence-electron chi connectivity index (χ3n) is 15.0. The van der Waals surface area contributed by atoms with Crippen molar-refractivity contribution < 1.29 is 78.6 Å². The maximum Gasteiger partial charge on any atom is 0.333 e. The molecule has 22 heteroatoms. The summed E-state index contributed by atoms with van der Waals surface area (Å²) in [6.07, 6.45) is 14.5. The molecule has 3 aromatic rings. The number of carbonyl (C=O) groups is 3. The fourth-order valence-corrected chi connectivity index (χ4v) is 12.5. The zero-order valence-electron chi connectivity index (χ0n) is 45.1. The van der Waals surface area contributed by atoms with Crippen molar-refractivity contribution in [2.24, 2.45) is 0 Å². The number of hydroxylamine groups is 2. The van der Waals surface area contributed by atoms with Gasteiger partial charge in [-0.25, -0.2) is 4.79 Å². The van der Waals surface area contributed by atoms with Gasteiger partial charge in [0.2, 0.25) is 5.69 Å². The van der Waals surface area contributed by atoms with Crippen molar-refractivity contribution >= 4 is 67.1 Å². The van der Waals surface area contributed by atoms with Gasteiger partial charge in [-0.3, -0.25) is 23.7 Å². The number of carbonyl (C=O) groups excluding carboxylic acids is 3. The highest BCUT2D eigenvalue weighted by atomic mass is 32.2. The summed E-state index contributed by atoms with van der Waals surface area (Å²) in [7, 11) is -5.87. The number of nitrogens with zero attached hydrogens (tertiary/aromatic N) is 3. The summed E-state index contributed by atoms with van der Waals surface area (Å²) in [5.41, 5.74) is 7.19. The Morgan fingerprint density at radius 2 is 1.49 bits per heavy atom. The maximum atomic E-state index is 12.8. The average molecular weight is 1140 g/mol. The number of imide groups is 1. The van der Waals surface area contributed by atoms with Gasteiger partial charge in [0, 0.05) is 98.6 Å². The first-order valence-electron chi connectivity index (χ1n) is 26.1. The Hall–Kier alpha value is -5.53. The summed E-state index contributed by atoms with van der Waals surface area (Å²) < 4.78 is 95.2. The second-order valence-corrected chi connectivity index (χ2v) is 24.0. The van der Waals surface area contributed by atoms with Crippen molar-refractivity contribution in [1.29, 1.82) is 0 Å². The first kappa shape index (κ1) is 60.1. The highest BCUT2D eigenvalue weighted by Crippen LogP contribution is 2.53. The number of methoxy groups -OCH3 is 2. The van der Waals surface area contributed by atoms with Gasteiger partial charge in [-0.15, -0.1) is 5.06 Å². The topological polar surface area (TPSA) is 248 Å². The largest absolute Gasteiger partial charge is 0.691 e. The zero-order valence-corrected chi connectivity index (χ0v) is 47.6. The molecule has 2 amide bonds. The Morgan fingerprint density at radius 3 is 2.13 bits per heavy atom. The number of benzene rings is 3. The molecule has 7 rings (SSSR count). The molecular weight excluding hydrogens is 1070 g/mol. The van der Waals surface area contributed by atoms with Crippen LogP contribution in [0.2, 0.25) is 0 Å². The molecule has 2 unspecified atom stereocenters. The molecule has 3 heterocycles. The van der Waals surface area contributed by atoms with E-state index in [0.29, 0.717) is 97.3 Å². The Labute approximate surface area is 461 Å². The fourth-order valence-electron chi connectivity index (χ4n) is 10.9. The Kier molecular flexibility index (Phi) is 19.8. The van der Waals surface area contributed by atoms with Crippen LogP contribution < -0.4 is 14.9 Å². The summed E-state index contributed by atoms with van der Waals surface area (Å²) in [5.74, 6) is -0.952. The van der Waals surface area contributed by atoms with Crippen LogP contribution in [-0.4, -0.2) is 99.6 Å². The third kappa shape index (κ3) is 13.4. The number of allylic oxidation sites excluding steroid dienone is 7. The lowest BCUT2D eigenvalue weighted by atomic mass is 9.76. The lowest BCUT2D eigenvalue weighted by Crippen LogP contribution is -2.33. The monoisotopic (exact) mass is 1140 g/mol. The predicted molar refractivity (Wildman–Crippen MR) is 289 cm³/mol. The molecule has 1 saturated heterocycles. The minimum Gasteiger partial charge on any atom is -0.691 e. The van der Waals surface area contributed by atoms with Gasteiger partial charge >= 0.3 is 5.97 Å². The summed E-state index contributed by atoms with van der Waals surface area (Å²) in [6.45, 7) is 12.0. The van der Waals surface area contributed by atoms with E-state index in [2.05, 4.69) is 40.5 Å². The van der Waals surface area contributed by atoms with Crippen molar-refractivity contribution in [3.05, 3.63) is 118 Å². The fraction of sp³-hybridized carbons (Fsp3) is 0.464. The molecule has 0 radical (unpaired) electrons. The number of unbranched alkanes of at least 4 members (excludes halogenated alkanes) is 3. The van der Waals surface area contributed by atoms with Crippen LogP contribution in [0.3, 0.4) is 0 Å². The molecule has 1 aliphatic carbocycles. The summed E-state index contributed by atoms with van der Waals surface area (Å²) >= 11 is 0.841. The molecule has 0 saturated carbocycles. The van der Waals surface area contributed by atoms with E-state index in [1.807, 2.05) is 38.1 Å². The zero-order chi connectivity index (χ0) is 56.6. The summed E-state index contributed by atoms with van der Waals surface area (Å²) in [6, 6.07) is 12.5. The first-order valence-corrected chi connectivity index (χ1v) is 29.7. The van der Waals surface area contributed by atoms with Crippen molar-refractivity contribution in [3.63, 3.8) is 0 Å². The minimum absolute atomic E-state index is 0.00973. The van der Waals surface area contributed by atoms with Crippen LogP contribution in [0.15, 0.2) is 110 Å². The van der Waals surface area contributed by atoms with Gasteiger partial charge in [0.05, 0.1) is 27.2 Å². The SMILES string of the molecule is CCCC[N+]1=C(/C=C/C2=C(Oc3ccc(S(=O)(=O)O)cc3)C(=C/C=C3/N(CCCCCC(=O)ON4C(=O)CCC4=O)c4c(C)cc(S(=O)(=O)O)cc4C3(C)CCOC)/CCC2)C(C)(CCOC)c2cc(SOO[O-])cc(C)c21. The quantitative estimate of drug-likeness (QED) is 0.0145. The van der Waals surface area contributed by atoms with Gasteiger partial charge in [-0.05, 0) is 156 Å². The van der Waals surface area contributed by atoms with E-state index in [0.717, 1.165) is 82.9 Å². The molecule has 1 fully saturated rings. The number of anilines is 1. The Morgan fingerprint density at radius 1 is 0.808 bits per heavy atom. The van der Waals surface area contributed by atoms with E-state index >= 15 is 0 Å². The van der Waals surface area contributed by atoms with Crippen molar-refractivity contribution in [1.82, 2.24) is 5.06 Å². The molecule has 0 spiro atoms. The number of fused-ring (bicyclic) bond motifs is 2. The predicted octanol–water partition coefficient (Wildman–Crippen LogP) is 9.09. The van der Waals surface area contributed by atoms with Gasteiger partial charge in [0.15, 0.2) is 5.71 Å². The first-order chi connectivity index (χ1) is 37.1. The average Bonchev–Trinajstić information content (AvgIpc) is 3.98. The second kappa shape index (κ2) is 25.7. The second-order valence-electron chi connectivity index (χ2n) is 20.3. The minimum atomic E-state index is -4.62. The van der Waals surface area contributed by atoms with Gasteiger partial charge in [-0.2, -0.15) is 25.7 Å². The highest BCUT2D eigenvalue weighted by Gasteiger charge is 2.49. The van der Waals surface area contributed by atoms with Gasteiger partial charge in [0.1, 0.15) is 18.1 Å². The molecule has 0 bridgehead atoms. The lowest BCUT2D eigenvalue weighted by Gasteiger charge is -2.31. The van der Waals surface area contributed by atoms with E-state index in [4.69, 9.17) is 23.4 Å². The lowest BCUT2D eigenvalue weighted by molar-refractivity contribution is -0.777. The molecule has 2 N–H and O–H groups in total. The van der Waals surface area contributed by atoms with Crippen LogP contribution in [0, 0.1) is 13.8 Å². The van der Waals surface area contributed by atoms with Gasteiger partial charge in [0.25, 0.3) is 32.1 Å². The number of ether oxygens (including phenoxy) is 3. The third-order valence-corrected chi connectivity index (χ3v) is 17.2. The van der Waals surface area contributed by atoms with Gasteiger partial charge < -0.3 is 29.2 Å².